The van der Waals surface area contributed by atoms with Gasteiger partial charge < -0.3 is 15.5 Å². The van der Waals surface area contributed by atoms with Crippen LogP contribution in [0.5, 0.6) is 0 Å². The molecule has 6 heteroatoms. The molecule has 0 radical (unpaired) electrons. The van der Waals surface area contributed by atoms with Gasteiger partial charge in [-0.25, -0.2) is 4.79 Å². The van der Waals surface area contributed by atoms with E-state index in [2.05, 4.69) is 5.32 Å². The monoisotopic (exact) mass is 209 g/mol. The molecular weight excluding hydrogens is 202 g/mol. The third kappa shape index (κ3) is 1.35. The van der Waals surface area contributed by atoms with E-state index >= 15 is 0 Å². The highest BCUT2D eigenvalue weighted by Gasteiger charge is 2.40. The Morgan fingerprint density at radius 3 is 2.47 bits per heavy atom. The Labute approximate surface area is 83.9 Å². The molecule has 6 nitrogen and oxygen atoms in total. The largest absolute Gasteiger partial charge is 0.480 e. The van der Waals surface area contributed by atoms with Crippen LogP contribution in [0.2, 0.25) is 0 Å². The Morgan fingerprint density at radius 1 is 1.27 bits per heavy atom. The number of aliphatic hydroxyl groups excluding tert-OH is 1. The molecule has 78 valence electrons. The van der Waals surface area contributed by atoms with Crippen molar-refractivity contribution in [1.29, 1.82) is 0 Å². The standard InChI is InChI=1S/C9H7NO5/c11-5-1-3-4(2-6(5)12)10-7(8(3)13)9(14)15/h1-2,7-8,10,13H,(H,14,15)/t7-,8?/m0/s1. The molecule has 1 aliphatic carbocycles. The third-order valence-electron chi connectivity index (χ3n) is 2.33. The van der Waals surface area contributed by atoms with Gasteiger partial charge >= 0.3 is 5.97 Å². The van der Waals surface area contributed by atoms with Gasteiger partial charge in [0.2, 0.25) is 11.6 Å². The van der Waals surface area contributed by atoms with Crippen LogP contribution in [0.3, 0.4) is 0 Å². The number of hydrogen-bond donors (Lipinski definition) is 3. The molecule has 0 amide bonds. The molecule has 0 saturated carbocycles. The van der Waals surface area contributed by atoms with Crippen molar-refractivity contribution >= 4 is 17.5 Å². The summed E-state index contributed by atoms with van der Waals surface area (Å²) in [5.41, 5.74) is 0.367. The number of ketones is 2. The lowest BCUT2D eigenvalue weighted by atomic mass is 9.99. The van der Waals surface area contributed by atoms with Gasteiger partial charge in [0.25, 0.3) is 0 Å². The van der Waals surface area contributed by atoms with Gasteiger partial charge in [-0.2, -0.15) is 0 Å². The molecule has 0 aromatic carbocycles. The summed E-state index contributed by atoms with van der Waals surface area (Å²) in [6.45, 7) is 0. The van der Waals surface area contributed by atoms with E-state index in [1.165, 1.54) is 0 Å². The van der Waals surface area contributed by atoms with Crippen LogP contribution in [0.25, 0.3) is 0 Å². The molecular formula is C9H7NO5. The number of rotatable bonds is 1. The fourth-order valence-electron chi connectivity index (χ4n) is 1.57. The second-order valence-corrected chi connectivity index (χ2v) is 3.29. The molecule has 1 aliphatic heterocycles. The molecule has 1 heterocycles. The molecule has 2 atom stereocenters. The first-order valence-electron chi connectivity index (χ1n) is 4.20. The second-order valence-electron chi connectivity index (χ2n) is 3.29. The number of fused-ring (bicyclic) bond motifs is 1. The molecule has 15 heavy (non-hydrogen) atoms. The number of allylic oxidation sites excluding steroid dienone is 2. The van der Waals surface area contributed by atoms with Crippen molar-refractivity contribution in [3.63, 3.8) is 0 Å². The molecule has 0 aromatic rings. The van der Waals surface area contributed by atoms with Crippen LogP contribution in [0.15, 0.2) is 23.4 Å². The molecule has 3 N–H and O–H groups in total. The predicted octanol–water partition coefficient (Wildman–Crippen LogP) is -1.63. The topological polar surface area (TPSA) is 104 Å². The Bertz CT molecular complexity index is 434. The number of nitrogens with one attached hydrogen (secondary N) is 1. The highest BCUT2D eigenvalue weighted by atomic mass is 16.4. The smallest absolute Gasteiger partial charge is 0.329 e. The SMILES string of the molecule is O=C1C=C2N[C@H](C(=O)O)C(O)C2=CC1=O. The minimum atomic E-state index is -1.30. The van der Waals surface area contributed by atoms with Crippen molar-refractivity contribution in [3.8, 4) is 0 Å². The lowest BCUT2D eigenvalue weighted by molar-refractivity contribution is -0.140. The number of carbonyl (C=O) groups is 3. The minimum absolute atomic E-state index is 0.159. The number of carboxylic acid groups (broad SMARTS) is 1. The first-order chi connectivity index (χ1) is 7.00. The van der Waals surface area contributed by atoms with Crippen molar-refractivity contribution in [2.75, 3.05) is 0 Å². The van der Waals surface area contributed by atoms with Crippen LogP contribution in [0, 0.1) is 0 Å². The van der Waals surface area contributed by atoms with Crippen molar-refractivity contribution in [2.45, 2.75) is 12.1 Å². The Balaban J connectivity index is 2.41. The van der Waals surface area contributed by atoms with Crippen molar-refractivity contribution in [1.82, 2.24) is 5.32 Å². The quantitative estimate of drug-likeness (QED) is 0.353. The summed E-state index contributed by atoms with van der Waals surface area (Å²) in [7, 11) is 0. The fraction of sp³-hybridized carbons (Fsp3) is 0.222. The Hall–Kier alpha value is -1.95. The molecule has 0 bridgehead atoms. The summed E-state index contributed by atoms with van der Waals surface area (Å²) in [5, 5.41) is 20.7. The van der Waals surface area contributed by atoms with Gasteiger partial charge in [-0.05, 0) is 6.08 Å². The highest BCUT2D eigenvalue weighted by Crippen LogP contribution is 2.26. The highest BCUT2D eigenvalue weighted by molar-refractivity contribution is 6.46. The second kappa shape index (κ2) is 3.03. The average molecular weight is 209 g/mol. The van der Waals surface area contributed by atoms with E-state index < -0.39 is 29.7 Å². The van der Waals surface area contributed by atoms with Gasteiger partial charge in [0.05, 0.1) is 0 Å². The number of carbonyl (C=O) groups excluding carboxylic acids is 2. The van der Waals surface area contributed by atoms with Crippen molar-refractivity contribution < 1.29 is 24.6 Å². The van der Waals surface area contributed by atoms with Gasteiger partial charge in [-0.15, -0.1) is 0 Å². The molecule has 2 aliphatic rings. The third-order valence-corrected chi connectivity index (χ3v) is 2.33. The van der Waals surface area contributed by atoms with Crippen LogP contribution < -0.4 is 5.32 Å². The van der Waals surface area contributed by atoms with Gasteiger partial charge in [0, 0.05) is 17.3 Å². The van der Waals surface area contributed by atoms with E-state index in [0.717, 1.165) is 12.2 Å². The van der Waals surface area contributed by atoms with Crippen molar-refractivity contribution in [3.05, 3.63) is 23.4 Å². The summed E-state index contributed by atoms with van der Waals surface area (Å²) in [6, 6.07) is -1.21. The van der Waals surface area contributed by atoms with E-state index in [-0.39, 0.29) is 11.3 Å². The number of carboxylic acids is 1. The van der Waals surface area contributed by atoms with E-state index in [1.807, 2.05) is 0 Å². The van der Waals surface area contributed by atoms with Crippen LogP contribution in [0.4, 0.5) is 0 Å². The molecule has 1 fully saturated rings. The maximum atomic E-state index is 11.0. The lowest BCUT2D eigenvalue weighted by Crippen LogP contribution is -2.37. The summed E-state index contributed by atoms with van der Waals surface area (Å²) in [5.74, 6) is -2.71. The zero-order valence-electron chi connectivity index (χ0n) is 7.43. The number of aliphatic hydroxyl groups is 1. The normalized spacial score (nSPS) is 29.1. The van der Waals surface area contributed by atoms with Gasteiger partial charge in [0.15, 0.2) is 6.04 Å². The summed E-state index contributed by atoms with van der Waals surface area (Å²) < 4.78 is 0. The number of aliphatic carboxylic acids is 1. The zero-order chi connectivity index (χ0) is 11.2. The van der Waals surface area contributed by atoms with Crippen LogP contribution in [-0.2, 0) is 14.4 Å². The van der Waals surface area contributed by atoms with Crippen molar-refractivity contribution in [2.24, 2.45) is 0 Å². The minimum Gasteiger partial charge on any atom is -0.480 e. The summed E-state index contributed by atoms with van der Waals surface area (Å²) in [6.07, 6.45) is 0.674. The maximum absolute atomic E-state index is 11.0. The van der Waals surface area contributed by atoms with Crippen LogP contribution in [0.1, 0.15) is 0 Å². The first kappa shape index (κ1) is 9.60. The summed E-state index contributed by atoms with van der Waals surface area (Å²) >= 11 is 0. The Morgan fingerprint density at radius 2 is 1.87 bits per heavy atom. The molecule has 2 rings (SSSR count). The van der Waals surface area contributed by atoms with E-state index in [1.54, 1.807) is 0 Å². The first-order valence-corrected chi connectivity index (χ1v) is 4.20. The molecule has 0 spiro atoms. The van der Waals surface area contributed by atoms with Gasteiger partial charge in [-0.1, -0.05) is 0 Å². The average Bonchev–Trinajstić information content (AvgIpc) is 2.46. The summed E-state index contributed by atoms with van der Waals surface area (Å²) in [4.78, 5) is 32.7. The fourth-order valence-corrected chi connectivity index (χ4v) is 1.57. The van der Waals surface area contributed by atoms with Crippen LogP contribution in [-0.4, -0.2) is 39.9 Å². The zero-order valence-corrected chi connectivity index (χ0v) is 7.43. The van der Waals surface area contributed by atoms with E-state index in [9.17, 15) is 19.5 Å². The predicted molar refractivity (Wildman–Crippen MR) is 46.7 cm³/mol. The lowest BCUT2D eigenvalue weighted by Gasteiger charge is -2.08. The van der Waals surface area contributed by atoms with E-state index in [0.29, 0.717) is 0 Å². The number of hydrogen-bond acceptors (Lipinski definition) is 5. The van der Waals surface area contributed by atoms with Gasteiger partial charge in [0.1, 0.15) is 6.10 Å². The molecule has 0 aromatic heterocycles. The Kier molecular flexibility index (Phi) is 1.94. The molecule has 1 unspecified atom stereocenters. The van der Waals surface area contributed by atoms with Gasteiger partial charge in [-0.3, -0.25) is 9.59 Å². The molecule has 1 saturated heterocycles. The maximum Gasteiger partial charge on any atom is 0.329 e. The van der Waals surface area contributed by atoms with E-state index in [4.69, 9.17) is 5.11 Å². The van der Waals surface area contributed by atoms with Crippen LogP contribution >= 0.6 is 0 Å².